The SMILES string of the molecule is CC(C)Oc1cc(OC(F)(F)F)ccc1-c1cnn(CCN)c1.Cl. The predicted octanol–water partition coefficient (Wildman–Crippen LogP) is 3.62. The molecule has 0 spiro atoms. The minimum absolute atomic E-state index is 0. The van der Waals surface area contributed by atoms with Gasteiger partial charge in [0, 0.05) is 29.9 Å². The van der Waals surface area contributed by atoms with Crippen LogP contribution in [0.1, 0.15) is 13.8 Å². The highest BCUT2D eigenvalue weighted by Crippen LogP contribution is 2.35. The summed E-state index contributed by atoms with van der Waals surface area (Å²) in [6.07, 6.45) is -1.57. The maximum Gasteiger partial charge on any atom is 0.573 e. The molecule has 0 aliphatic heterocycles. The molecule has 0 amide bonds. The summed E-state index contributed by atoms with van der Waals surface area (Å²) in [6.45, 7) is 4.57. The first-order chi connectivity index (χ1) is 10.8. The van der Waals surface area contributed by atoms with Gasteiger partial charge in [0.15, 0.2) is 0 Å². The number of nitrogens with two attached hydrogens (primary N) is 1. The van der Waals surface area contributed by atoms with Crippen LogP contribution in [-0.4, -0.2) is 28.8 Å². The van der Waals surface area contributed by atoms with E-state index in [-0.39, 0.29) is 24.3 Å². The summed E-state index contributed by atoms with van der Waals surface area (Å²) in [5.74, 6) is -0.0275. The summed E-state index contributed by atoms with van der Waals surface area (Å²) >= 11 is 0. The Labute approximate surface area is 144 Å². The molecule has 2 N–H and O–H groups in total. The number of aromatic nitrogens is 2. The quantitative estimate of drug-likeness (QED) is 0.849. The molecule has 24 heavy (non-hydrogen) atoms. The van der Waals surface area contributed by atoms with Crippen molar-refractivity contribution in [3.05, 3.63) is 30.6 Å². The van der Waals surface area contributed by atoms with Crippen molar-refractivity contribution >= 4 is 12.4 Å². The molecule has 2 rings (SSSR count). The van der Waals surface area contributed by atoms with Crippen molar-refractivity contribution in [2.24, 2.45) is 5.73 Å². The van der Waals surface area contributed by atoms with Crippen molar-refractivity contribution in [3.63, 3.8) is 0 Å². The Morgan fingerprint density at radius 1 is 1.29 bits per heavy atom. The first kappa shape index (κ1) is 20.1. The Hall–Kier alpha value is -1.93. The number of halogens is 4. The summed E-state index contributed by atoms with van der Waals surface area (Å²) in [4.78, 5) is 0. The van der Waals surface area contributed by atoms with Crippen molar-refractivity contribution in [3.8, 4) is 22.6 Å². The Bertz CT molecular complexity index is 660. The minimum Gasteiger partial charge on any atom is -0.490 e. The van der Waals surface area contributed by atoms with Gasteiger partial charge in [0.05, 0.1) is 18.8 Å². The van der Waals surface area contributed by atoms with E-state index in [1.54, 1.807) is 30.9 Å². The lowest BCUT2D eigenvalue weighted by atomic mass is 10.1. The van der Waals surface area contributed by atoms with E-state index < -0.39 is 6.36 Å². The fraction of sp³-hybridized carbons (Fsp3) is 0.400. The number of alkyl halides is 3. The number of ether oxygens (including phenoxy) is 2. The molecule has 5 nitrogen and oxygen atoms in total. The topological polar surface area (TPSA) is 62.3 Å². The molecular weight excluding hydrogens is 347 g/mol. The Balaban J connectivity index is 0.00000288. The van der Waals surface area contributed by atoms with Crippen molar-refractivity contribution in [2.75, 3.05) is 6.54 Å². The van der Waals surface area contributed by atoms with Crippen LogP contribution in [0.25, 0.3) is 11.1 Å². The van der Waals surface area contributed by atoms with Crippen molar-refractivity contribution in [1.29, 1.82) is 0 Å². The van der Waals surface area contributed by atoms with Gasteiger partial charge in [-0.25, -0.2) is 0 Å². The average Bonchev–Trinajstić information content (AvgIpc) is 2.85. The molecule has 1 aromatic heterocycles. The maximum atomic E-state index is 12.4. The second-order valence-corrected chi connectivity index (χ2v) is 5.15. The number of nitrogens with zero attached hydrogens (tertiary/aromatic N) is 2. The van der Waals surface area contributed by atoms with Gasteiger partial charge >= 0.3 is 6.36 Å². The third-order valence-corrected chi connectivity index (χ3v) is 2.85. The predicted molar refractivity (Wildman–Crippen MR) is 86.4 cm³/mol. The van der Waals surface area contributed by atoms with Crippen LogP contribution in [0.4, 0.5) is 13.2 Å². The molecule has 0 fully saturated rings. The summed E-state index contributed by atoms with van der Waals surface area (Å²) in [5.41, 5.74) is 6.84. The molecule has 0 saturated carbocycles. The Morgan fingerprint density at radius 2 is 2.00 bits per heavy atom. The van der Waals surface area contributed by atoms with Gasteiger partial charge in [0.2, 0.25) is 0 Å². The molecule has 1 aromatic carbocycles. The molecule has 1 heterocycles. The zero-order valence-electron chi connectivity index (χ0n) is 13.2. The number of benzene rings is 1. The van der Waals surface area contributed by atoms with Crippen molar-refractivity contribution in [2.45, 2.75) is 32.9 Å². The second kappa shape index (κ2) is 8.25. The first-order valence-electron chi connectivity index (χ1n) is 7.08. The summed E-state index contributed by atoms with van der Waals surface area (Å²) in [5, 5.41) is 4.15. The first-order valence-corrected chi connectivity index (χ1v) is 7.08. The monoisotopic (exact) mass is 365 g/mol. The number of hydrogen-bond donors (Lipinski definition) is 1. The van der Waals surface area contributed by atoms with Crippen LogP contribution in [0, 0.1) is 0 Å². The number of rotatable bonds is 6. The van der Waals surface area contributed by atoms with Crippen LogP contribution >= 0.6 is 12.4 Å². The molecule has 0 aliphatic rings. The molecular formula is C15H19ClF3N3O2. The van der Waals surface area contributed by atoms with E-state index in [1.807, 2.05) is 0 Å². The lowest BCUT2D eigenvalue weighted by Gasteiger charge is -2.16. The van der Waals surface area contributed by atoms with E-state index in [0.717, 1.165) is 5.56 Å². The van der Waals surface area contributed by atoms with E-state index in [9.17, 15) is 13.2 Å². The van der Waals surface area contributed by atoms with E-state index >= 15 is 0 Å². The fourth-order valence-electron chi connectivity index (χ4n) is 2.05. The highest BCUT2D eigenvalue weighted by Gasteiger charge is 2.31. The largest absolute Gasteiger partial charge is 0.573 e. The standard InChI is InChI=1S/C15H18F3N3O2.ClH/c1-10(2)22-14-7-12(23-15(16,17)18)3-4-13(14)11-8-20-21(9-11)6-5-19;/h3-4,7-10H,5-6,19H2,1-2H3;1H. The molecule has 0 aliphatic carbocycles. The highest BCUT2D eigenvalue weighted by molar-refractivity contribution is 5.85. The summed E-state index contributed by atoms with van der Waals surface area (Å²) < 4.78 is 48.3. The van der Waals surface area contributed by atoms with Crippen LogP contribution in [0.15, 0.2) is 30.6 Å². The van der Waals surface area contributed by atoms with Crippen LogP contribution in [0.5, 0.6) is 11.5 Å². The fourth-order valence-corrected chi connectivity index (χ4v) is 2.05. The smallest absolute Gasteiger partial charge is 0.490 e. The van der Waals surface area contributed by atoms with Gasteiger partial charge in [-0.15, -0.1) is 25.6 Å². The molecule has 0 saturated heterocycles. The van der Waals surface area contributed by atoms with Gasteiger partial charge in [-0.2, -0.15) is 5.10 Å². The molecule has 0 radical (unpaired) electrons. The van der Waals surface area contributed by atoms with Gasteiger partial charge < -0.3 is 15.2 Å². The molecule has 2 aromatic rings. The van der Waals surface area contributed by atoms with E-state index in [1.165, 1.54) is 18.2 Å². The zero-order chi connectivity index (χ0) is 17.0. The van der Waals surface area contributed by atoms with Gasteiger partial charge in [-0.1, -0.05) is 0 Å². The van der Waals surface area contributed by atoms with Crippen LogP contribution in [0.2, 0.25) is 0 Å². The highest BCUT2D eigenvalue weighted by atomic mass is 35.5. The summed E-state index contributed by atoms with van der Waals surface area (Å²) in [6, 6.07) is 3.99. The van der Waals surface area contributed by atoms with Crippen LogP contribution in [-0.2, 0) is 6.54 Å². The molecule has 0 atom stereocenters. The normalized spacial score (nSPS) is 11.3. The summed E-state index contributed by atoms with van der Waals surface area (Å²) in [7, 11) is 0. The van der Waals surface area contributed by atoms with Gasteiger partial charge in [-0.05, 0) is 26.0 Å². The lowest BCUT2D eigenvalue weighted by molar-refractivity contribution is -0.274. The van der Waals surface area contributed by atoms with Gasteiger partial charge in [-0.3, -0.25) is 4.68 Å². The van der Waals surface area contributed by atoms with Crippen LogP contribution < -0.4 is 15.2 Å². The van der Waals surface area contributed by atoms with E-state index in [0.29, 0.717) is 24.4 Å². The molecule has 134 valence electrons. The zero-order valence-corrected chi connectivity index (χ0v) is 14.0. The average molecular weight is 366 g/mol. The van der Waals surface area contributed by atoms with Crippen molar-refractivity contribution < 1.29 is 22.6 Å². The van der Waals surface area contributed by atoms with Gasteiger partial charge in [0.25, 0.3) is 0 Å². The van der Waals surface area contributed by atoms with E-state index in [2.05, 4.69) is 9.84 Å². The maximum absolute atomic E-state index is 12.4. The Morgan fingerprint density at radius 3 is 2.58 bits per heavy atom. The number of hydrogen-bond acceptors (Lipinski definition) is 4. The third kappa shape index (κ3) is 5.61. The van der Waals surface area contributed by atoms with Crippen LogP contribution in [0.3, 0.4) is 0 Å². The Kier molecular flexibility index (Phi) is 6.92. The minimum atomic E-state index is -4.75. The molecule has 0 bridgehead atoms. The van der Waals surface area contributed by atoms with Crippen molar-refractivity contribution in [1.82, 2.24) is 9.78 Å². The van der Waals surface area contributed by atoms with E-state index in [4.69, 9.17) is 10.5 Å². The third-order valence-electron chi connectivity index (χ3n) is 2.85. The lowest BCUT2D eigenvalue weighted by Crippen LogP contribution is -2.17. The van der Waals surface area contributed by atoms with Gasteiger partial charge in [0.1, 0.15) is 11.5 Å². The molecule has 9 heteroatoms. The molecule has 0 unspecified atom stereocenters. The second-order valence-electron chi connectivity index (χ2n) is 5.15.